The molecule has 0 unspecified atom stereocenters. The Bertz CT molecular complexity index is 944. The van der Waals surface area contributed by atoms with Crippen molar-refractivity contribution in [2.24, 2.45) is 0 Å². The fourth-order valence-corrected chi connectivity index (χ4v) is 3.50. The Labute approximate surface area is 164 Å². The zero-order valence-corrected chi connectivity index (χ0v) is 15.5. The Kier molecular flexibility index (Phi) is 5.91. The summed E-state index contributed by atoms with van der Waals surface area (Å²) in [6, 6.07) is 13.8. The normalized spacial score (nSPS) is 11.4. The minimum Gasteiger partial charge on any atom is -0.469 e. The third kappa shape index (κ3) is 4.56. The average Bonchev–Trinajstić information content (AvgIpc) is 3.36. The number of nitrogens with one attached hydrogen (secondary N) is 2. The second-order valence-corrected chi connectivity index (χ2v) is 6.96. The zero-order chi connectivity index (χ0) is 19.2. The van der Waals surface area contributed by atoms with Gasteiger partial charge in [-0.1, -0.05) is 17.7 Å². The second-order valence-electron chi connectivity index (χ2n) is 5.55. The average molecular weight is 400 g/mol. The SMILES string of the molecule is N#Cc1ccc(Cl)cc1NC(=O)C(=O)NC[C@H](c1ccco1)c1cccs1. The molecule has 0 spiro atoms. The maximum atomic E-state index is 12.2. The molecule has 2 amide bonds. The van der Waals surface area contributed by atoms with Crippen LogP contribution in [0.2, 0.25) is 5.02 Å². The predicted octanol–water partition coefficient (Wildman–Crippen LogP) is 3.75. The number of rotatable bonds is 5. The molecule has 3 rings (SSSR count). The van der Waals surface area contributed by atoms with Crippen molar-refractivity contribution in [1.82, 2.24) is 5.32 Å². The third-order valence-corrected chi connectivity index (χ3v) is 5.02. The number of furan rings is 1. The molecule has 0 aliphatic rings. The van der Waals surface area contributed by atoms with Crippen molar-refractivity contribution in [1.29, 1.82) is 5.26 Å². The summed E-state index contributed by atoms with van der Waals surface area (Å²) in [5.41, 5.74) is 0.401. The van der Waals surface area contributed by atoms with Gasteiger partial charge in [0.15, 0.2) is 0 Å². The van der Waals surface area contributed by atoms with Crippen LogP contribution in [0.4, 0.5) is 5.69 Å². The van der Waals surface area contributed by atoms with Gasteiger partial charge in [-0.05, 0) is 41.8 Å². The molecule has 0 aliphatic heterocycles. The lowest BCUT2D eigenvalue weighted by Crippen LogP contribution is -2.37. The van der Waals surface area contributed by atoms with Gasteiger partial charge in [-0.15, -0.1) is 11.3 Å². The van der Waals surface area contributed by atoms with Gasteiger partial charge >= 0.3 is 11.8 Å². The van der Waals surface area contributed by atoms with Crippen molar-refractivity contribution >= 4 is 40.4 Å². The van der Waals surface area contributed by atoms with Crippen LogP contribution in [0.3, 0.4) is 0 Å². The smallest absolute Gasteiger partial charge is 0.313 e. The van der Waals surface area contributed by atoms with Gasteiger partial charge in [0.25, 0.3) is 0 Å². The van der Waals surface area contributed by atoms with Crippen molar-refractivity contribution in [3.63, 3.8) is 0 Å². The highest BCUT2D eigenvalue weighted by atomic mass is 35.5. The molecular weight excluding hydrogens is 386 g/mol. The van der Waals surface area contributed by atoms with Gasteiger partial charge in [0.1, 0.15) is 11.8 Å². The summed E-state index contributed by atoms with van der Waals surface area (Å²) in [4.78, 5) is 25.4. The summed E-state index contributed by atoms with van der Waals surface area (Å²) in [6.45, 7) is 0.195. The lowest BCUT2D eigenvalue weighted by atomic mass is 10.0. The number of halogens is 1. The molecule has 0 bridgehead atoms. The topological polar surface area (TPSA) is 95.1 Å². The molecule has 0 fully saturated rings. The van der Waals surface area contributed by atoms with E-state index >= 15 is 0 Å². The van der Waals surface area contributed by atoms with Gasteiger partial charge in [-0.25, -0.2) is 0 Å². The largest absolute Gasteiger partial charge is 0.469 e. The van der Waals surface area contributed by atoms with Crippen LogP contribution in [0.5, 0.6) is 0 Å². The first-order valence-corrected chi connectivity index (χ1v) is 9.20. The first-order valence-electron chi connectivity index (χ1n) is 7.94. The molecule has 27 heavy (non-hydrogen) atoms. The second kappa shape index (κ2) is 8.54. The van der Waals surface area contributed by atoms with Crippen LogP contribution in [0, 0.1) is 11.3 Å². The minimum atomic E-state index is -0.877. The van der Waals surface area contributed by atoms with E-state index in [1.165, 1.54) is 29.5 Å². The molecule has 136 valence electrons. The van der Waals surface area contributed by atoms with Gasteiger partial charge < -0.3 is 15.1 Å². The predicted molar refractivity (Wildman–Crippen MR) is 103 cm³/mol. The summed E-state index contributed by atoms with van der Waals surface area (Å²) >= 11 is 7.42. The number of carbonyl (C=O) groups is 2. The number of nitriles is 1. The Morgan fingerprint density at radius 2 is 2.07 bits per heavy atom. The Morgan fingerprint density at radius 3 is 2.74 bits per heavy atom. The van der Waals surface area contributed by atoms with Crippen LogP contribution >= 0.6 is 22.9 Å². The maximum Gasteiger partial charge on any atom is 0.313 e. The van der Waals surface area contributed by atoms with E-state index < -0.39 is 11.8 Å². The molecule has 1 aromatic carbocycles. The van der Waals surface area contributed by atoms with E-state index in [1.54, 1.807) is 12.3 Å². The quantitative estimate of drug-likeness (QED) is 0.638. The van der Waals surface area contributed by atoms with E-state index in [4.69, 9.17) is 21.3 Å². The van der Waals surface area contributed by atoms with Crippen molar-refractivity contribution in [3.8, 4) is 6.07 Å². The molecule has 0 saturated heterocycles. The van der Waals surface area contributed by atoms with Crippen molar-refractivity contribution in [2.75, 3.05) is 11.9 Å². The van der Waals surface area contributed by atoms with Crippen molar-refractivity contribution < 1.29 is 14.0 Å². The van der Waals surface area contributed by atoms with Crippen LogP contribution in [0.25, 0.3) is 0 Å². The van der Waals surface area contributed by atoms with Crippen molar-refractivity contribution in [3.05, 3.63) is 75.3 Å². The molecular formula is C19H14ClN3O3S. The standard InChI is InChI=1S/C19H14ClN3O3S/c20-13-6-5-12(10-21)15(9-13)23-19(25)18(24)22-11-14(16-3-1-7-26-16)17-4-2-8-27-17/h1-9,14H,11H2,(H,22,24)(H,23,25)/t14-/m1/s1. The van der Waals surface area contributed by atoms with Gasteiger partial charge in [0.05, 0.1) is 23.4 Å². The molecule has 1 atom stereocenters. The zero-order valence-electron chi connectivity index (χ0n) is 13.9. The molecule has 8 heteroatoms. The monoisotopic (exact) mass is 399 g/mol. The number of nitrogens with zero attached hydrogens (tertiary/aromatic N) is 1. The van der Waals surface area contributed by atoms with Crippen LogP contribution in [0.1, 0.15) is 22.1 Å². The highest BCUT2D eigenvalue weighted by Crippen LogP contribution is 2.28. The van der Waals surface area contributed by atoms with Gasteiger partial charge in [0, 0.05) is 16.4 Å². The van der Waals surface area contributed by atoms with E-state index in [-0.39, 0.29) is 23.7 Å². The number of anilines is 1. The molecule has 6 nitrogen and oxygen atoms in total. The van der Waals surface area contributed by atoms with Gasteiger partial charge in [-0.2, -0.15) is 5.26 Å². The fourth-order valence-electron chi connectivity index (χ4n) is 2.49. The summed E-state index contributed by atoms with van der Waals surface area (Å²) in [6.07, 6.45) is 1.56. The number of benzene rings is 1. The lowest BCUT2D eigenvalue weighted by Gasteiger charge is -2.14. The van der Waals surface area contributed by atoms with Crippen LogP contribution in [0.15, 0.2) is 58.5 Å². The third-order valence-electron chi connectivity index (χ3n) is 3.80. The van der Waals surface area contributed by atoms with Crippen LogP contribution in [-0.4, -0.2) is 18.4 Å². The summed E-state index contributed by atoms with van der Waals surface area (Å²) < 4.78 is 5.46. The lowest BCUT2D eigenvalue weighted by molar-refractivity contribution is -0.136. The summed E-state index contributed by atoms with van der Waals surface area (Å²) in [5, 5.41) is 16.4. The Morgan fingerprint density at radius 1 is 1.22 bits per heavy atom. The number of amides is 2. The molecule has 3 aromatic rings. The van der Waals surface area contributed by atoms with Gasteiger partial charge in [0.2, 0.25) is 0 Å². The summed E-state index contributed by atoms with van der Waals surface area (Å²) in [7, 11) is 0. The molecule has 2 N–H and O–H groups in total. The summed E-state index contributed by atoms with van der Waals surface area (Å²) in [5.74, 6) is -1.19. The molecule has 2 heterocycles. The number of hydrogen-bond donors (Lipinski definition) is 2. The van der Waals surface area contributed by atoms with E-state index in [1.807, 2.05) is 29.6 Å². The van der Waals surface area contributed by atoms with Crippen molar-refractivity contribution in [2.45, 2.75) is 5.92 Å². The number of thiophene rings is 1. The molecule has 2 aromatic heterocycles. The van der Waals surface area contributed by atoms with E-state index in [0.717, 1.165) is 4.88 Å². The Balaban J connectivity index is 1.67. The highest BCUT2D eigenvalue weighted by molar-refractivity contribution is 7.10. The number of carbonyl (C=O) groups excluding carboxylic acids is 2. The van der Waals surface area contributed by atoms with Gasteiger partial charge in [-0.3, -0.25) is 9.59 Å². The van der Waals surface area contributed by atoms with Crippen LogP contribution in [-0.2, 0) is 9.59 Å². The molecule has 0 aliphatic carbocycles. The van der Waals surface area contributed by atoms with E-state index in [0.29, 0.717) is 10.8 Å². The Hall–Kier alpha value is -3.08. The first-order chi connectivity index (χ1) is 13.1. The minimum absolute atomic E-state index is 0.186. The van der Waals surface area contributed by atoms with E-state index in [9.17, 15) is 9.59 Å². The van der Waals surface area contributed by atoms with Crippen LogP contribution < -0.4 is 10.6 Å². The molecule has 0 saturated carbocycles. The first kappa shape index (κ1) is 18.7. The molecule has 0 radical (unpaired) electrons. The van der Waals surface area contributed by atoms with E-state index in [2.05, 4.69) is 10.6 Å². The highest BCUT2D eigenvalue weighted by Gasteiger charge is 2.22. The fraction of sp³-hybridized carbons (Fsp3) is 0.105. The number of hydrogen-bond acceptors (Lipinski definition) is 5. The maximum absolute atomic E-state index is 12.2.